The van der Waals surface area contributed by atoms with Crippen LogP contribution in [-0.2, 0) is 0 Å². The number of rotatable bonds is 3. The van der Waals surface area contributed by atoms with Crippen molar-refractivity contribution < 1.29 is 5.11 Å². The van der Waals surface area contributed by atoms with E-state index in [9.17, 15) is 0 Å². The molecule has 1 rings (SSSR count). The van der Waals surface area contributed by atoms with Gasteiger partial charge in [-0.05, 0) is 38.0 Å². The summed E-state index contributed by atoms with van der Waals surface area (Å²) < 4.78 is 0. The third-order valence-electron chi connectivity index (χ3n) is 2.90. The Morgan fingerprint density at radius 1 is 1.64 bits per heavy atom. The van der Waals surface area contributed by atoms with Gasteiger partial charge in [-0.2, -0.15) is 0 Å². The highest BCUT2D eigenvalue weighted by Crippen LogP contribution is 2.30. The number of nitrogens with two attached hydrogens (primary N) is 1. The number of hydrogen-bond acceptors (Lipinski definition) is 2. The predicted molar refractivity (Wildman–Crippen MR) is 62.6 cm³/mol. The van der Waals surface area contributed by atoms with Crippen LogP contribution in [-0.4, -0.2) is 17.8 Å². The number of halogens is 1. The highest BCUT2D eigenvalue weighted by molar-refractivity contribution is 5.85. The molecular formula is C11H22ClNO. The molecule has 0 bridgehead atoms. The second kappa shape index (κ2) is 6.44. The van der Waals surface area contributed by atoms with E-state index in [1.807, 2.05) is 0 Å². The Kier molecular flexibility index (Phi) is 6.41. The number of allylic oxidation sites excluding steroid dienone is 2. The first-order valence-electron chi connectivity index (χ1n) is 5.17. The van der Waals surface area contributed by atoms with E-state index >= 15 is 0 Å². The van der Waals surface area contributed by atoms with Crippen LogP contribution in [0.5, 0.6) is 0 Å². The third-order valence-corrected chi connectivity index (χ3v) is 2.90. The van der Waals surface area contributed by atoms with E-state index in [1.54, 1.807) is 0 Å². The Bertz CT molecular complexity index is 194. The lowest BCUT2D eigenvalue weighted by Gasteiger charge is -2.29. The van der Waals surface area contributed by atoms with Crippen molar-refractivity contribution in [3.63, 3.8) is 0 Å². The van der Waals surface area contributed by atoms with Crippen molar-refractivity contribution >= 4 is 12.4 Å². The smallest absolute Gasteiger partial charge is 0.0445 e. The van der Waals surface area contributed by atoms with E-state index in [-0.39, 0.29) is 25.1 Å². The third kappa shape index (κ3) is 3.99. The average Bonchev–Trinajstić information content (AvgIpc) is 2.03. The molecule has 0 saturated carbocycles. The van der Waals surface area contributed by atoms with Crippen molar-refractivity contribution in [2.45, 2.75) is 39.2 Å². The molecule has 14 heavy (non-hydrogen) atoms. The molecule has 0 aromatic heterocycles. The van der Waals surface area contributed by atoms with Gasteiger partial charge in [0.2, 0.25) is 0 Å². The molecule has 0 radical (unpaired) electrons. The Morgan fingerprint density at radius 2 is 2.29 bits per heavy atom. The van der Waals surface area contributed by atoms with Crippen molar-refractivity contribution in [2.75, 3.05) is 6.61 Å². The average molecular weight is 220 g/mol. The molecule has 0 amide bonds. The summed E-state index contributed by atoms with van der Waals surface area (Å²) in [5, 5.41) is 8.80. The molecule has 0 saturated heterocycles. The highest BCUT2D eigenvalue weighted by Gasteiger charge is 2.23. The molecule has 1 aliphatic carbocycles. The number of aliphatic hydroxyl groups excluding tert-OH is 1. The van der Waals surface area contributed by atoms with Crippen LogP contribution >= 0.6 is 12.4 Å². The van der Waals surface area contributed by atoms with Gasteiger partial charge in [0, 0.05) is 12.6 Å². The summed E-state index contributed by atoms with van der Waals surface area (Å²) in [5.41, 5.74) is 7.45. The summed E-state index contributed by atoms with van der Waals surface area (Å²) >= 11 is 0. The predicted octanol–water partition coefficient (Wildman–Crippen LogP) is 2.11. The molecule has 3 N–H and O–H groups in total. The van der Waals surface area contributed by atoms with Crippen LogP contribution in [0.4, 0.5) is 0 Å². The molecule has 84 valence electrons. The van der Waals surface area contributed by atoms with Crippen LogP contribution in [0, 0.1) is 11.8 Å². The molecule has 0 aromatic carbocycles. The molecule has 0 fully saturated rings. The summed E-state index contributed by atoms with van der Waals surface area (Å²) in [6.45, 7) is 4.63. The summed E-state index contributed by atoms with van der Waals surface area (Å²) in [6.07, 6.45) is 5.37. The molecule has 0 heterocycles. The van der Waals surface area contributed by atoms with Crippen LogP contribution in [0.25, 0.3) is 0 Å². The normalized spacial score (nSPS) is 29.0. The Morgan fingerprint density at radius 3 is 2.79 bits per heavy atom. The lowest BCUT2D eigenvalue weighted by molar-refractivity contribution is 0.240. The highest BCUT2D eigenvalue weighted by atomic mass is 35.5. The topological polar surface area (TPSA) is 46.2 Å². The van der Waals surface area contributed by atoms with E-state index in [0.717, 1.165) is 12.8 Å². The molecule has 0 aromatic rings. The first kappa shape index (κ1) is 13.9. The molecule has 3 unspecified atom stereocenters. The molecule has 3 atom stereocenters. The molecule has 0 spiro atoms. The Hall–Kier alpha value is -0.0500. The Balaban J connectivity index is 0.00000169. The SMILES string of the molecule is CC1=CC(C)CC(C(N)CCO)C1.Cl. The van der Waals surface area contributed by atoms with Crippen LogP contribution in [0.1, 0.15) is 33.1 Å². The quantitative estimate of drug-likeness (QED) is 0.715. The first-order valence-corrected chi connectivity index (χ1v) is 5.17. The van der Waals surface area contributed by atoms with E-state index in [4.69, 9.17) is 10.8 Å². The lowest BCUT2D eigenvalue weighted by atomic mass is 9.79. The zero-order chi connectivity index (χ0) is 9.84. The van der Waals surface area contributed by atoms with E-state index in [0.29, 0.717) is 11.8 Å². The van der Waals surface area contributed by atoms with Crippen LogP contribution in [0.2, 0.25) is 0 Å². The largest absolute Gasteiger partial charge is 0.396 e. The van der Waals surface area contributed by atoms with Gasteiger partial charge in [-0.1, -0.05) is 18.6 Å². The fourth-order valence-corrected chi connectivity index (χ4v) is 2.31. The van der Waals surface area contributed by atoms with Gasteiger partial charge in [-0.3, -0.25) is 0 Å². The monoisotopic (exact) mass is 219 g/mol. The van der Waals surface area contributed by atoms with Gasteiger partial charge in [-0.25, -0.2) is 0 Å². The number of hydrogen-bond donors (Lipinski definition) is 2. The summed E-state index contributed by atoms with van der Waals surface area (Å²) in [4.78, 5) is 0. The Labute approximate surface area is 93.0 Å². The summed E-state index contributed by atoms with van der Waals surface area (Å²) in [7, 11) is 0. The second-order valence-electron chi connectivity index (χ2n) is 4.37. The minimum absolute atomic E-state index is 0. The maximum atomic E-state index is 8.80. The van der Waals surface area contributed by atoms with Crippen LogP contribution < -0.4 is 5.73 Å². The van der Waals surface area contributed by atoms with Crippen molar-refractivity contribution in [3.8, 4) is 0 Å². The zero-order valence-corrected chi connectivity index (χ0v) is 9.89. The van der Waals surface area contributed by atoms with Crippen LogP contribution in [0.3, 0.4) is 0 Å². The van der Waals surface area contributed by atoms with Gasteiger partial charge in [0.05, 0.1) is 0 Å². The van der Waals surface area contributed by atoms with E-state index in [2.05, 4.69) is 19.9 Å². The van der Waals surface area contributed by atoms with E-state index in [1.165, 1.54) is 12.0 Å². The van der Waals surface area contributed by atoms with Crippen molar-refractivity contribution in [2.24, 2.45) is 17.6 Å². The molecular weight excluding hydrogens is 198 g/mol. The molecule has 1 aliphatic rings. The molecule has 0 aliphatic heterocycles. The lowest BCUT2D eigenvalue weighted by Crippen LogP contribution is -2.33. The molecule has 2 nitrogen and oxygen atoms in total. The van der Waals surface area contributed by atoms with E-state index < -0.39 is 0 Å². The van der Waals surface area contributed by atoms with Crippen molar-refractivity contribution in [3.05, 3.63) is 11.6 Å². The van der Waals surface area contributed by atoms with Gasteiger partial charge < -0.3 is 10.8 Å². The van der Waals surface area contributed by atoms with Crippen molar-refractivity contribution in [1.82, 2.24) is 0 Å². The van der Waals surface area contributed by atoms with Gasteiger partial charge in [0.25, 0.3) is 0 Å². The maximum Gasteiger partial charge on any atom is 0.0445 e. The standard InChI is InChI=1S/C11H21NO.ClH/c1-8-5-9(2)7-10(6-8)11(12)3-4-13;/h5,8,10-11,13H,3-4,6-7,12H2,1-2H3;1H. The minimum atomic E-state index is 0. The number of aliphatic hydroxyl groups is 1. The minimum Gasteiger partial charge on any atom is -0.396 e. The second-order valence-corrected chi connectivity index (χ2v) is 4.37. The fourth-order valence-electron chi connectivity index (χ4n) is 2.31. The fraction of sp³-hybridized carbons (Fsp3) is 0.818. The summed E-state index contributed by atoms with van der Waals surface area (Å²) in [5.74, 6) is 1.23. The zero-order valence-electron chi connectivity index (χ0n) is 9.07. The first-order chi connectivity index (χ1) is 6.13. The van der Waals surface area contributed by atoms with Gasteiger partial charge >= 0.3 is 0 Å². The van der Waals surface area contributed by atoms with Crippen molar-refractivity contribution in [1.29, 1.82) is 0 Å². The molecule has 3 heteroatoms. The summed E-state index contributed by atoms with van der Waals surface area (Å²) in [6, 6.07) is 0.177. The van der Waals surface area contributed by atoms with Gasteiger partial charge in [-0.15, -0.1) is 12.4 Å². The van der Waals surface area contributed by atoms with Gasteiger partial charge in [0.15, 0.2) is 0 Å². The maximum absolute atomic E-state index is 8.80. The van der Waals surface area contributed by atoms with Crippen LogP contribution in [0.15, 0.2) is 11.6 Å². The van der Waals surface area contributed by atoms with Gasteiger partial charge in [0.1, 0.15) is 0 Å².